The van der Waals surface area contributed by atoms with E-state index in [4.69, 9.17) is 9.15 Å². The van der Waals surface area contributed by atoms with E-state index < -0.39 is 5.97 Å². The van der Waals surface area contributed by atoms with E-state index in [9.17, 15) is 9.59 Å². The molecule has 138 valence electrons. The van der Waals surface area contributed by atoms with Gasteiger partial charge in [0.05, 0.1) is 18.4 Å². The third-order valence-corrected chi connectivity index (χ3v) is 4.48. The number of ether oxygens (including phenoxy) is 1. The summed E-state index contributed by atoms with van der Waals surface area (Å²) in [6.07, 6.45) is 7.10. The Morgan fingerprint density at radius 2 is 1.88 bits per heavy atom. The highest BCUT2D eigenvalue weighted by atomic mass is 16.5. The van der Waals surface area contributed by atoms with Crippen molar-refractivity contribution < 1.29 is 18.7 Å². The second-order valence-corrected chi connectivity index (χ2v) is 6.46. The summed E-state index contributed by atoms with van der Waals surface area (Å²) in [7, 11) is 0. The molecule has 1 aromatic heterocycles. The minimum Gasteiger partial charge on any atom is -0.467 e. The quantitative estimate of drug-likeness (QED) is 0.742. The first kappa shape index (κ1) is 18.0. The Morgan fingerprint density at radius 3 is 2.65 bits per heavy atom. The number of anilines is 1. The number of amides is 1. The molecule has 1 aromatic carbocycles. The topological polar surface area (TPSA) is 80.6 Å². The first-order valence-electron chi connectivity index (χ1n) is 9.04. The van der Waals surface area contributed by atoms with Crippen molar-refractivity contribution in [2.45, 2.75) is 44.7 Å². The van der Waals surface area contributed by atoms with Crippen LogP contribution >= 0.6 is 0 Å². The molecule has 1 amide bonds. The third kappa shape index (κ3) is 5.12. The Morgan fingerprint density at radius 1 is 1.08 bits per heavy atom. The zero-order valence-corrected chi connectivity index (χ0v) is 14.7. The molecule has 6 heteroatoms. The van der Waals surface area contributed by atoms with Gasteiger partial charge in [-0.05, 0) is 37.1 Å². The molecule has 0 bridgehead atoms. The highest BCUT2D eigenvalue weighted by Crippen LogP contribution is 2.18. The SMILES string of the molecule is O=C(COC(=O)c1ccccc1NCc1ccco1)NC1CCCCC1. The fraction of sp³-hybridized carbons (Fsp3) is 0.400. The largest absolute Gasteiger partial charge is 0.467 e. The zero-order valence-electron chi connectivity index (χ0n) is 14.7. The van der Waals surface area contributed by atoms with Gasteiger partial charge < -0.3 is 19.8 Å². The van der Waals surface area contributed by atoms with Crippen LogP contribution < -0.4 is 10.6 Å². The molecule has 0 spiro atoms. The molecule has 0 atom stereocenters. The molecule has 1 aliphatic carbocycles. The monoisotopic (exact) mass is 356 g/mol. The minimum atomic E-state index is -0.522. The number of esters is 1. The lowest BCUT2D eigenvalue weighted by Crippen LogP contribution is -2.38. The molecular formula is C20H24N2O4. The summed E-state index contributed by atoms with van der Waals surface area (Å²) in [5, 5.41) is 6.09. The number of hydrogen-bond donors (Lipinski definition) is 2. The van der Waals surface area contributed by atoms with Crippen LogP contribution in [0.15, 0.2) is 47.1 Å². The number of para-hydroxylation sites is 1. The van der Waals surface area contributed by atoms with Crippen molar-refractivity contribution in [1.82, 2.24) is 5.32 Å². The summed E-state index contributed by atoms with van der Waals surface area (Å²) in [5.41, 5.74) is 1.03. The van der Waals surface area contributed by atoms with Gasteiger partial charge >= 0.3 is 5.97 Å². The van der Waals surface area contributed by atoms with Crippen LogP contribution in [0, 0.1) is 0 Å². The van der Waals surface area contributed by atoms with Crippen molar-refractivity contribution >= 4 is 17.6 Å². The standard InChI is InChI=1S/C20H24N2O4/c23-19(22-15-7-2-1-3-8-15)14-26-20(24)17-10-4-5-11-18(17)21-13-16-9-6-12-25-16/h4-6,9-12,15,21H,1-3,7-8,13-14H2,(H,22,23). The Kier molecular flexibility index (Phi) is 6.30. The zero-order chi connectivity index (χ0) is 18.2. The number of benzene rings is 1. The summed E-state index contributed by atoms with van der Waals surface area (Å²) in [6, 6.07) is 10.9. The van der Waals surface area contributed by atoms with Crippen LogP contribution in [0.5, 0.6) is 0 Å². The molecule has 2 aromatic rings. The smallest absolute Gasteiger partial charge is 0.340 e. The van der Waals surface area contributed by atoms with Crippen LogP contribution in [0.3, 0.4) is 0 Å². The molecule has 26 heavy (non-hydrogen) atoms. The predicted octanol–water partition coefficient (Wildman–Crippen LogP) is 3.50. The molecule has 6 nitrogen and oxygen atoms in total. The number of hydrogen-bond acceptors (Lipinski definition) is 5. The normalized spacial score (nSPS) is 14.6. The van der Waals surface area contributed by atoms with E-state index >= 15 is 0 Å². The Balaban J connectivity index is 1.51. The summed E-state index contributed by atoms with van der Waals surface area (Å²) < 4.78 is 10.5. The van der Waals surface area contributed by atoms with Crippen molar-refractivity contribution in [2.24, 2.45) is 0 Å². The number of carbonyl (C=O) groups is 2. The molecular weight excluding hydrogens is 332 g/mol. The first-order valence-corrected chi connectivity index (χ1v) is 9.04. The maximum atomic E-state index is 12.4. The first-order chi connectivity index (χ1) is 12.7. The van der Waals surface area contributed by atoms with Crippen LogP contribution in [0.25, 0.3) is 0 Å². The molecule has 3 rings (SSSR count). The van der Waals surface area contributed by atoms with Gasteiger partial charge in [-0.3, -0.25) is 4.79 Å². The van der Waals surface area contributed by atoms with Crippen molar-refractivity contribution in [3.8, 4) is 0 Å². The average Bonchev–Trinajstić information content (AvgIpc) is 3.19. The highest BCUT2D eigenvalue weighted by molar-refractivity contribution is 5.96. The summed E-state index contributed by atoms with van der Waals surface area (Å²) in [6.45, 7) is 0.196. The van der Waals surface area contributed by atoms with Crippen molar-refractivity contribution in [2.75, 3.05) is 11.9 Å². The molecule has 0 aliphatic heterocycles. The van der Waals surface area contributed by atoms with Gasteiger partial charge in [-0.1, -0.05) is 31.4 Å². The van der Waals surface area contributed by atoms with E-state index in [1.54, 1.807) is 24.5 Å². The minimum absolute atomic E-state index is 0.206. The highest BCUT2D eigenvalue weighted by Gasteiger charge is 2.18. The van der Waals surface area contributed by atoms with Gasteiger partial charge in [0.2, 0.25) is 0 Å². The molecule has 1 saturated carbocycles. The van der Waals surface area contributed by atoms with Crippen molar-refractivity contribution in [1.29, 1.82) is 0 Å². The molecule has 0 radical (unpaired) electrons. The van der Waals surface area contributed by atoms with Gasteiger partial charge in [0.1, 0.15) is 5.76 Å². The fourth-order valence-electron chi connectivity index (χ4n) is 3.14. The van der Waals surface area contributed by atoms with Gasteiger partial charge in [0.25, 0.3) is 5.91 Å². The van der Waals surface area contributed by atoms with Gasteiger partial charge in [-0.2, -0.15) is 0 Å². The number of carbonyl (C=O) groups excluding carboxylic acids is 2. The van der Waals surface area contributed by atoms with Crippen LogP contribution in [0.2, 0.25) is 0 Å². The lowest BCUT2D eigenvalue weighted by Gasteiger charge is -2.22. The molecule has 0 saturated heterocycles. The lowest BCUT2D eigenvalue weighted by molar-refractivity contribution is -0.125. The Bertz CT molecular complexity index is 721. The molecule has 2 N–H and O–H groups in total. The van der Waals surface area contributed by atoms with E-state index in [1.165, 1.54) is 6.42 Å². The van der Waals surface area contributed by atoms with E-state index in [1.807, 2.05) is 18.2 Å². The van der Waals surface area contributed by atoms with Crippen LogP contribution in [0.4, 0.5) is 5.69 Å². The van der Waals surface area contributed by atoms with Gasteiger partial charge in [0.15, 0.2) is 6.61 Å². The summed E-state index contributed by atoms with van der Waals surface area (Å²) in [4.78, 5) is 24.4. The Hall–Kier alpha value is -2.76. The second-order valence-electron chi connectivity index (χ2n) is 6.46. The van der Waals surface area contributed by atoms with Crippen molar-refractivity contribution in [3.05, 3.63) is 54.0 Å². The van der Waals surface area contributed by atoms with E-state index in [2.05, 4.69) is 10.6 Å². The van der Waals surface area contributed by atoms with Crippen molar-refractivity contribution in [3.63, 3.8) is 0 Å². The van der Waals surface area contributed by atoms with E-state index in [0.29, 0.717) is 17.8 Å². The Labute approximate surface area is 152 Å². The van der Waals surface area contributed by atoms with Crippen LogP contribution in [0.1, 0.15) is 48.2 Å². The molecule has 0 unspecified atom stereocenters. The average molecular weight is 356 g/mol. The number of rotatable bonds is 7. The molecule has 1 heterocycles. The summed E-state index contributed by atoms with van der Waals surface area (Å²) >= 11 is 0. The predicted molar refractivity (Wildman–Crippen MR) is 97.8 cm³/mol. The maximum Gasteiger partial charge on any atom is 0.340 e. The number of nitrogens with one attached hydrogen (secondary N) is 2. The lowest BCUT2D eigenvalue weighted by atomic mass is 9.95. The third-order valence-electron chi connectivity index (χ3n) is 4.48. The summed E-state index contributed by atoms with van der Waals surface area (Å²) in [5.74, 6) is -0.00218. The molecule has 1 fully saturated rings. The van der Waals surface area contributed by atoms with Gasteiger partial charge in [0, 0.05) is 11.7 Å². The van der Waals surface area contributed by atoms with Gasteiger partial charge in [-0.15, -0.1) is 0 Å². The number of furan rings is 1. The second kappa shape index (κ2) is 9.08. The molecule has 1 aliphatic rings. The van der Waals surface area contributed by atoms with E-state index in [-0.39, 0.29) is 18.6 Å². The maximum absolute atomic E-state index is 12.4. The van der Waals surface area contributed by atoms with Gasteiger partial charge in [-0.25, -0.2) is 4.79 Å². The van der Waals surface area contributed by atoms with Crippen LogP contribution in [-0.2, 0) is 16.1 Å². The fourth-order valence-corrected chi connectivity index (χ4v) is 3.14. The van der Waals surface area contributed by atoms with Crippen LogP contribution in [-0.4, -0.2) is 24.5 Å². The van der Waals surface area contributed by atoms with E-state index in [0.717, 1.165) is 31.4 Å².